The predicted molar refractivity (Wildman–Crippen MR) is 95.2 cm³/mol. The SMILES string of the molecule is CN=C(NCC(=O)N(C)CC(F)(F)F)N1CCN(c2ccc(F)cc2)CC1. The van der Waals surface area contributed by atoms with E-state index in [1.807, 2.05) is 4.90 Å². The second kappa shape index (κ2) is 8.92. The molecule has 150 valence electrons. The number of rotatable bonds is 4. The molecule has 0 aromatic heterocycles. The Morgan fingerprint density at radius 1 is 1.19 bits per heavy atom. The molecule has 0 saturated carbocycles. The highest BCUT2D eigenvalue weighted by molar-refractivity contribution is 5.86. The number of aliphatic imine (C=N–C) groups is 1. The third-order valence-electron chi connectivity index (χ3n) is 4.22. The van der Waals surface area contributed by atoms with Crippen LogP contribution < -0.4 is 10.2 Å². The molecule has 1 fully saturated rings. The fourth-order valence-electron chi connectivity index (χ4n) is 2.81. The van der Waals surface area contributed by atoms with Gasteiger partial charge < -0.3 is 20.0 Å². The number of carbonyl (C=O) groups excluding carboxylic acids is 1. The number of alkyl halides is 3. The quantitative estimate of drug-likeness (QED) is 0.482. The zero-order valence-corrected chi connectivity index (χ0v) is 15.3. The van der Waals surface area contributed by atoms with E-state index in [4.69, 9.17) is 0 Å². The summed E-state index contributed by atoms with van der Waals surface area (Å²) in [6.45, 7) is 1.02. The van der Waals surface area contributed by atoms with Crippen LogP contribution in [0.4, 0.5) is 23.2 Å². The maximum Gasteiger partial charge on any atom is 0.406 e. The Morgan fingerprint density at radius 3 is 2.30 bits per heavy atom. The molecule has 1 aliphatic rings. The monoisotopic (exact) mass is 389 g/mol. The molecule has 6 nitrogen and oxygen atoms in total. The summed E-state index contributed by atoms with van der Waals surface area (Å²) in [5, 5.41) is 2.82. The summed E-state index contributed by atoms with van der Waals surface area (Å²) in [7, 11) is 2.67. The van der Waals surface area contributed by atoms with Gasteiger partial charge in [-0.2, -0.15) is 13.2 Å². The molecule has 2 rings (SSSR count). The molecule has 27 heavy (non-hydrogen) atoms. The Labute approximate surface area is 155 Å². The highest BCUT2D eigenvalue weighted by Gasteiger charge is 2.31. The molecule has 0 aliphatic carbocycles. The maximum absolute atomic E-state index is 13.0. The number of piperazine rings is 1. The summed E-state index contributed by atoms with van der Waals surface area (Å²) in [5.74, 6) is -0.497. The van der Waals surface area contributed by atoms with E-state index < -0.39 is 18.6 Å². The van der Waals surface area contributed by atoms with Gasteiger partial charge in [-0.3, -0.25) is 9.79 Å². The normalized spacial score (nSPS) is 15.7. The maximum atomic E-state index is 13.0. The molecule has 10 heteroatoms. The predicted octanol–water partition coefficient (Wildman–Crippen LogP) is 1.54. The van der Waals surface area contributed by atoms with Gasteiger partial charge >= 0.3 is 6.18 Å². The molecule has 0 bridgehead atoms. The van der Waals surface area contributed by atoms with E-state index in [1.165, 1.54) is 12.1 Å². The van der Waals surface area contributed by atoms with Crippen LogP contribution in [0, 0.1) is 5.82 Å². The Kier molecular flexibility index (Phi) is 6.86. The van der Waals surface area contributed by atoms with Gasteiger partial charge in [-0.25, -0.2) is 4.39 Å². The first-order valence-corrected chi connectivity index (χ1v) is 8.46. The first-order valence-electron chi connectivity index (χ1n) is 8.46. The number of benzene rings is 1. The van der Waals surface area contributed by atoms with Crippen LogP contribution in [-0.2, 0) is 4.79 Å². The fraction of sp³-hybridized carbons (Fsp3) is 0.529. The van der Waals surface area contributed by atoms with E-state index in [1.54, 1.807) is 19.2 Å². The molecule has 0 spiro atoms. The van der Waals surface area contributed by atoms with E-state index in [0.717, 1.165) is 12.7 Å². The molecule has 1 heterocycles. The Balaban J connectivity index is 1.83. The molecule has 1 aromatic rings. The van der Waals surface area contributed by atoms with Crippen molar-refractivity contribution in [2.75, 3.05) is 58.3 Å². The van der Waals surface area contributed by atoms with Crippen LogP contribution in [-0.4, -0.2) is 81.2 Å². The number of amides is 1. The topological polar surface area (TPSA) is 51.2 Å². The van der Waals surface area contributed by atoms with Crippen molar-refractivity contribution in [1.29, 1.82) is 0 Å². The highest BCUT2D eigenvalue weighted by atomic mass is 19.4. The molecule has 0 unspecified atom stereocenters. The molecule has 1 amide bonds. The van der Waals surface area contributed by atoms with Crippen molar-refractivity contribution in [2.24, 2.45) is 4.99 Å². The molecule has 0 atom stereocenters. The lowest BCUT2D eigenvalue weighted by molar-refractivity contribution is -0.157. The minimum atomic E-state index is -4.43. The molecule has 1 aliphatic heterocycles. The van der Waals surface area contributed by atoms with E-state index in [-0.39, 0.29) is 12.4 Å². The Hall–Kier alpha value is -2.52. The summed E-state index contributed by atoms with van der Waals surface area (Å²) in [6, 6.07) is 6.25. The van der Waals surface area contributed by atoms with Gasteiger partial charge in [0, 0.05) is 46.0 Å². The molecule has 0 radical (unpaired) electrons. The number of carbonyl (C=O) groups is 1. The largest absolute Gasteiger partial charge is 0.406 e. The van der Waals surface area contributed by atoms with Crippen LogP contribution in [0.1, 0.15) is 0 Å². The van der Waals surface area contributed by atoms with E-state index >= 15 is 0 Å². The number of likely N-dealkylation sites (N-methyl/N-ethyl adjacent to an activating group) is 1. The van der Waals surface area contributed by atoms with Crippen molar-refractivity contribution in [3.8, 4) is 0 Å². The molecule has 1 aromatic carbocycles. The highest BCUT2D eigenvalue weighted by Crippen LogP contribution is 2.17. The van der Waals surface area contributed by atoms with Crippen LogP contribution >= 0.6 is 0 Å². The van der Waals surface area contributed by atoms with Gasteiger partial charge in [0.15, 0.2) is 5.96 Å². The van der Waals surface area contributed by atoms with Gasteiger partial charge in [0.1, 0.15) is 12.4 Å². The summed E-state index contributed by atoms with van der Waals surface area (Å²) in [5.41, 5.74) is 0.919. The standard InChI is InChI=1S/C17H23F4N5O/c1-22-16(23-11-15(27)24(2)12-17(19,20)21)26-9-7-25(8-10-26)14-5-3-13(18)4-6-14/h3-6H,7-12H2,1-2H3,(H,22,23). The average Bonchev–Trinajstić information content (AvgIpc) is 2.62. The zero-order chi connectivity index (χ0) is 20.0. The minimum absolute atomic E-state index is 0.266. The van der Waals surface area contributed by atoms with E-state index in [9.17, 15) is 22.4 Å². The third-order valence-corrected chi connectivity index (χ3v) is 4.22. The minimum Gasteiger partial charge on any atom is -0.368 e. The number of nitrogens with one attached hydrogen (secondary N) is 1. The second-order valence-electron chi connectivity index (χ2n) is 6.22. The molecule has 1 N–H and O–H groups in total. The average molecular weight is 389 g/mol. The number of halogens is 4. The lowest BCUT2D eigenvalue weighted by atomic mass is 10.2. The zero-order valence-electron chi connectivity index (χ0n) is 15.3. The van der Waals surface area contributed by atoms with Crippen LogP contribution in [0.5, 0.6) is 0 Å². The number of anilines is 1. The van der Waals surface area contributed by atoms with Gasteiger partial charge in [-0.1, -0.05) is 0 Å². The van der Waals surface area contributed by atoms with Crippen molar-refractivity contribution >= 4 is 17.6 Å². The second-order valence-corrected chi connectivity index (χ2v) is 6.22. The van der Waals surface area contributed by atoms with Gasteiger partial charge in [-0.15, -0.1) is 0 Å². The smallest absolute Gasteiger partial charge is 0.368 e. The van der Waals surface area contributed by atoms with Crippen molar-refractivity contribution < 1.29 is 22.4 Å². The van der Waals surface area contributed by atoms with Gasteiger partial charge in [-0.05, 0) is 24.3 Å². The van der Waals surface area contributed by atoms with Crippen molar-refractivity contribution in [3.05, 3.63) is 30.1 Å². The lowest BCUT2D eigenvalue weighted by Gasteiger charge is -2.37. The Bertz CT molecular complexity index is 654. The number of hydrogen-bond acceptors (Lipinski definition) is 3. The van der Waals surface area contributed by atoms with Gasteiger partial charge in [0.05, 0.1) is 6.54 Å². The Morgan fingerprint density at radius 2 is 1.78 bits per heavy atom. The van der Waals surface area contributed by atoms with Crippen molar-refractivity contribution in [1.82, 2.24) is 15.1 Å². The number of hydrogen-bond donors (Lipinski definition) is 1. The van der Waals surface area contributed by atoms with Crippen molar-refractivity contribution in [3.63, 3.8) is 0 Å². The van der Waals surface area contributed by atoms with Gasteiger partial charge in [0.2, 0.25) is 5.91 Å². The fourth-order valence-corrected chi connectivity index (χ4v) is 2.81. The summed E-state index contributed by atoms with van der Waals surface area (Å²) < 4.78 is 50.1. The third kappa shape index (κ3) is 6.30. The van der Waals surface area contributed by atoms with E-state index in [0.29, 0.717) is 37.0 Å². The van der Waals surface area contributed by atoms with Crippen LogP contribution in [0.3, 0.4) is 0 Å². The first kappa shape index (κ1) is 20.8. The van der Waals surface area contributed by atoms with Crippen LogP contribution in [0.2, 0.25) is 0 Å². The lowest BCUT2D eigenvalue weighted by Crippen LogP contribution is -2.54. The van der Waals surface area contributed by atoms with Crippen molar-refractivity contribution in [2.45, 2.75) is 6.18 Å². The molecular formula is C17H23F4N5O. The summed E-state index contributed by atoms with van der Waals surface area (Å²) >= 11 is 0. The van der Waals surface area contributed by atoms with E-state index in [2.05, 4.69) is 15.2 Å². The summed E-state index contributed by atoms with van der Waals surface area (Å²) in [4.78, 5) is 20.6. The first-order chi connectivity index (χ1) is 12.7. The molecular weight excluding hydrogens is 366 g/mol. The van der Waals surface area contributed by atoms with Crippen LogP contribution in [0.15, 0.2) is 29.3 Å². The number of guanidine groups is 1. The van der Waals surface area contributed by atoms with Gasteiger partial charge in [0.25, 0.3) is 0 Å². The van der Waals surface area contributed by atoms with Crippen LogP contribution in [0.25, 0.3) is 0 Å². The number of nitrogens with zero attached hydrogens (tertiary/aromatic N) is 4. The summed E-state index contributed by atoms with van der Waals surface area (Å²) in [6.07, 6.45) is -4.43. The molecule has 1 saturated heterocycles.